The monoisotopic (exact) mass is 442 g/mol. The second-order valence-electron chi connectivity index (χ2n) is 10.2. The molecule has 1 aromatic heterocycles. The molecular weight excluding hydrogens is 404 g/mol. The van der Waals surface area contributed by atoms with Crippen LogP contribution in [0.25, 0.3) is 0 Å². The van der Waals surface area contributed by atoms with Crippen molar-refractivity contribution in [3.8, 4) is 0 Å². The maximum atomic E-state index is 11.8. The Bertz CT molecular complexity index is 824. The van der Waals surface area contributed by atoms with Gasteiger partial charge in [-0.05, 0) is 49.2 Å². The first-order valence-corrected chi connectivity index (χ1v) is 12.1. The minimum Gasteiger partial charge on any atom is -0.458 e. The van der Waals surface area contributed by atoms with Crippen molar-refractivity contribution in [3.05, 3.63) is 30.1 Å². The van der Waals surface area contributed by atoms with Gasteiger partial charge in [-0.2, -0.15) is 0 Å². The molecule has 1 saturated carbocycles. The van der Waals surface area contributed by atoms with Crippen molar-refractivity contribution in [2.24, 2.45) is 23.7 Å². The lowest BCUT2D eigenvalue weighted by Gasteiger charge is -2.53. The Balaban J connectivity index is 1.41. The van der Waals surface area contributed by atoms with Crippen LogP contribution in [-0.4, -0.2) is 70.4 Å². The Morgan fingerprint density at radius 1 is 1.25 bits per heavy atom. The molecule has 1 saturated heterocycles. The van der Waals surface area contributed by atoms with Gasteiger partial charge < -0.3 is 14.7 Å². The molecule has 1 N–H and O–H groups in total. The van der Waals surface area contributed by atoms with Crippen LogP contribution in [0.1, 0.15) is 47.0 Å². The molecular formula is C25H38N4O3. The first-order valence-electron chi connectivity index (χ1n) is 12.1. The van der Waals surface area contributed by atoms with Crippen LogP contribution in [-0.2, 0) is 9.53 Å². The molecule has 3 aliphatic rings. The van der Waals surface area contributed by atoms with Crippen molar-refractivity contribution in [3.63, 3.8) is 0 Å². The van der Waals surface area contributed by atoms with Gasteiger partial charge in [-0.1, -0.05) is 19.9 Å². The summed E-state index contributed by atoms with van der Waals surface area (Å²) in [6.07, 6.45) is 8.17. The zero-order valence-electron chi connectivity index (χ0n) is 19.9. The van der Waals surface area contributed by atoms with Crippen molar-refractivity contribution >= 4 is 11.9 Å². The number of esters is 1. The highest BCUT2D eigenvalue weighted by Crippen LogP contribution is 2.51. The molecule has 0 bridgehead atoms. The van der Waals surface area contributed by atoms with E-state index in [-0.39, 0.29) is 23.9 Å². The van der Waals surface area contributed by atoms with Crippen molar-refractivity contribution in [2.45, 2.75) is 58.7 Å². The Morgan fingerprint density at radius 3 is 2.59 bits per heavy atom. The average molecular weight is 443 g/mol. The minimum atomic E-state index is -0.805. The van der Waals surface area contributed by atoms with Crippen LogP contribution in [0.5, 0.6) is 0 Å². The zero-order valence-corrected chi connectivity index (χ0v) is 19.9. The second-order valence-corrected chi connectivity index (χ2v) is 10.2. The van der Waals surface area contributed by atoms with Crippen LogP contribution >= 0.6 is 0 Å². The van der Waals surface area contributed by atoms with Gasteiger partial charge in [0.1, 0.15) is 6.10 Å². The SMILES string of the molecule is CC(=O)O[C@@H]1C[C@@]2(O)[C@H](C)CC[C@@H]([C@H](C)CN3CCN(c4ncccn4)CC3)[C@H]2C=C1C. The number of aliphatic hydroxyl groups is 1. The molecule has 2 aliphatic carbocycles. The lowest BCUT2D eigenvalue weighted by Crippen LogP contribution is -2.56. The summed E-state index contributed by atoms with van der Waals surface area (Å²) >= 11 is 0. The van der Waals surface area contributed by atoms with E-state index < -0.39 is 5.60 Å². The van der Waals surface area contributed by atoms with Crippen LogP contribution in [0.4, 0.5) is 5.95 Å². The number of carbonyl (C=O) groups excluding carboxylic acids is 1. The third-order valence-corrected chi connectivity index (χ3v) is 8.08. The molecule has 176 valence electrons. The molecule has 7 nitrogen and oxygen atoms in total. The highest BCUT2D eigenvalue weighted by molar-refractivity contribution is 5.66. The Hall–Kier alpha value is -1.99. The third kappa shape index (κ3) is 4.69. The van der Waals surface area contributed by atoms with E-state index in [2.05, 4.69) is 39.7 Å². The average Bonchev–Trinajstić information content (AvgIpc) is 2.77. The van der Waals surface area contributed by atoms with Crippen LogP contribution < -0.4 is 4.90 Å². The summed E-state index contributed by atoms with van der Waals surface area (Å²) in [5.74, 6) is 1.77. The summed E-state index contributed by atoms with van der Waals surface area (Å²) < 4.78 is 5.54. The first kappa shape index (κ1) is 23.2. The fourth-order valence-electron chi connectivity index (χ4n) is 6.13. The second kappa shape index (κ2) is 9.48. The summed E-state index contributed by atoms with van der Waals surface area (Å²) in [6.45, 7) is 12.9. The number of hydrogen-bond acceptors (Lipinski definition) is 7. The lowest BCUT2D eigenvalue weighted by atomic mass is 9.57. The molecule has 7 heteroatoms. The summed E-state index contributed by atoms with van der Waals surface area (Å²) in [7, 11) is 0. The smallest absolute Gasteiger partial charge is 0.303 e. The van der Waals surface area contributed by atoms with E-state index in [1.165, 1.54) is 6.92 Å². The Morgan fingerprint density at radius 2 is 1.94 bits per heavy atom. The summed E-state index contributed by atoms with van der Waals surface area (Å²) in [5.41, 5.74) is 0.276. The number of fused-ring (bicyclic) bond motifs is 1. The largest absolute Gasteiger partial charge is 0.458 e. The Labute approximate surface area is 191 Å². The lowest BCUT2D eigenvalue weighted by molar-refractivity contribution is -0.159. The van der Waals surface area contributed by atoms with Crippen molar-refractivity contribution < 1.29 is 14.6 Å². The van der Waals surface area contributed by atoms with E-state index >= 15 is 0 Å². The molecule has 0 radical (unpaired) electrons. The zero-order chi connectivity index (χ0) is 22.9. The summed E-state index contributed by atoms with van der Waals surface area (Å²) in [5, 5.41) is 11.8. The van der Waals surface area contributed by atoms with Gasteiger partial charge in [0, 0.05) is 64.4 Å². The van der Waals surface area contributed by atoms with E-state index in [1.54, 1.807) is 12.4 Å². The molecule has 1 aliphatic heterocycles. The van der Waals surface area contributed by atoms with Gasteiger partial charge in [0.25, 0.3) is 0 Å². The molecule has 1 aromatic rings. The third-order valence-electron chi connectivity index (χ3n) is 8.08. The van der Waals surface area contributed by atoms with Crippen LogP contribution in [0.2, 0.25) is 0 Å². The minimum absolute atomic E-state index is 0.118. The molecule has 0 spiro atoms. The quantitative estimate of drug-likeness (QED) is 0.555. The van der Waals surface area contributed by atoms with Gasteiger partial charge in [-0.25, -0.2) is 9.97 Å². The van der Waals surface area contributed by atoms with E-state index in [9.17, 15) is 9.90 Å². The van der Waals surface area contributed by atoms with Crippen LogP contribution in [0, 0.1) is 23.7 Å². The van der Waals surface area contributed by atoms with Gasteiger partial charge in [0.15, 0.2) is 0 Å². The molecule has 0 unspecified atom stereocenters. The number of aromatic nitrogens is 2. The normalized spacial score (nSPS) is 34.4. The van der Waals surface area contributed by atoms with E-state index in [1.807, 2.05) is 13.0 Å². The maximum absolute atomic E-state index is 11.8. The molecule has 2 heterocycles. The molecule has 6 atom stereocenters. The van der Waals surface area contributed by atoms with Crippen molar-refractivity contribution in [1.29, 1.82) is 0 Å². The first-order chi connectivity index (χ1) is 15.3. The summed E-state index contributed by atoms with van der Waals surface area (Å²) in [6, 6.07) is 1.85. The molecule has 32 heavy (non-hydrogen) atoms. The number of piperazine rings is 1. The number of rotatable bonds is 5. The number of ether oxygens (including phenoxy) is 1. The predicted molar refractivity (Wildman–Crippen MR) is 124 cm³/mol. The van der Waals surface area contributed by atoms with Crippen LogP contribution in [0.3, 0.4) is 0 Å². The van der Waals surface area contributed by atoms with E-state index in [0.717, 1.165) is 57.1 Å². The fraction of sp³-hybridized carbons (Fsp3) is 0.720. The van der Waals surface area contributed by atoms with Gasteiger partial charge >= 0.3 is 5.97 Å². The molecule has 4 rings (SSSR count). The van der Waals surface area contributed by atoms with E-state index in [0.29, 0.717) is 18.3 Å². The van der Waals surface area contributed by atoms with Gasteiger partial charge in [-0.3, -0.25) is 9.69 Å². The number of anilines is 1. The van der Waals surface area contributed by atoms with Gasteiger partial charge in [0.05, 0.1) is 5.60 Å². The molecule has 0 aromatic carbocycles. The highest BCUT2D eigenvalue weighted by Gasteiger charge is 2.52. The maximum Gasteiger partial charge on any atom is 0.303 e. The van der Waals surface area contributed by atoms with E-state index in [4.69, 9.17) is 4.74 Å². The molecule has 0 amide bonds. The van der Waals surface area contributed by atoms with Crippen molar-refractivity contribution in [2.75, 3.05) is 37.6 Å². The Kier molecular flexibility index (Phi) is 6.86. The number of hydrogen-bond donors (Lipinski definition) is 1. The van der Waals surface area contributed by atoms with Gasteiger partial charge in [-0.15, -0.1) is 0 Å². The van der Waals surface area contributed by atoms with Crippen LogP contribution in [0.15, 0.2) is 30.1 Å². The standard InChI is InChI=1S/C25H38N4O3/c1-17-14-22-21(7-6-19(3)25(22,31)15-23(17)32-20(4)30)18(2)16-28-10-12-29(13-11-28)24-26-8-5-9-27-24/h5,8-9,14,18-19,21-23,31H,6-7,10-13,15-16H2,1-4H3/t18-,19-,21+,22-,23-,25-/m1/s1. The van der Waals surface area contributed by atoms with Crippen molar-refractivity contribution in [1.82, 2.24) is 14.9 Å². The highest BCUT2D eigenvalue weighted by atomic mass is 16.5. The predicted octanol–water partition coefficient (Wildman–Crippen LogP) is 2.91. The molecule has 2 fully saturated rings. The summed E-state index contributed by atoms with van der Waals surface area (Å²) in [4.78, 5) is 25.1. The number of nitrogens with zero attached hydrogens (tertiary/aromatic N) is 4. The fourth-order valence-corrected chi connectivity index (χ4v) is 6.13. The van der Waals surface area contributed by atoms with Gasteiger partial charge in [0.2, 0.25) is 5.95 Å². The number of carbonyl (C=O) groups is 1. The topological polar surface area (TPSA) is 78.8 Å².